The van der Waals surface area contributed by atoms with E-state index < -0.39 is 5.41 Å². The maximum atomic E-state index is 11.6. The quantitative estimate of drug-likeness (QED) is 0.846. The van der Waals surface area contributed by atoms with Crippen LogP contribution in [0.2, 0.25) is 0 Å². The summed E-state index contributed by atoms with van der Waals surface area (Å²) >= 11 is 0. The second kappa shape index (κ2) is 5.78. The molecule has 0 aliphatic heterocycles. The molecule has 0 bridgehead atoms. The number of rotatable bonds is 3. The van der Waals surface area contributed by atoms with Crippen molar-refractivity contribution >= 4 is 11.7 Å². The third-order valence-electron chi connectivity index (χ3n) is 2.87. The number of hydrogen-bond acceptors (Lipinski definition) is 3. The molecule has 2 rings (SSSR count). The fourth-order valence-corrected chi connectivity index (χ4v) is 1.62. The molecule has 0 heterocycles. The summed E-state index contributed by atoms with van der Waals surface area (Å²) in [7, 11) is 0. The molecule has 3 heteroatoms. The second-order valence-electron chi connectivity index (χ2n) is 5.68. The maximum Gasteiger partial charge on any atom is 0.337 e. The Bertz CT molecular complexity index is 568. The van der Waals surface area contributed by atoms with E-state index in [-0.39, 0.29) is 5.97 Å². The number of nitrogens with one attached hydrogen (secondary N) is 1. The summed E-state index contributed by atoms with van der Waals surface area (Å²) in [5, 5.41) is 0. The Hall–Kier alpha value is -2.29. The summed E-state index contributed by atoms with van der Waals surface area (Å²) < 4.78 is 0. The minimum Gasteiger partial charge on any atom is -0.343 e. The zero-order valence-electron chi connectivity index (χ0n) is 12.0. The molecule has 0 amide bonds. The lowest BCUT2D eigenvalue weighted by Crippen LogP contribution is -2.25. The van der Waals surface area contributed by atoms with E-state index >= 15 is 0 Å². The maximum absolute atomic E-state index is 11.6. The van der Waals surface area contributed by atoms with Crippen LogP contribution in [0.5, 0.6) is 0 Å². The number of carbonyl (C=O) groups excluding carboxylic acids is 1. The van der Waals surface area contributed by atoms with Crippen molar-refractivity contribution in [3.63, 3.8) is 0 Å². The number of benzene rings is 2. The summed E-state index contributed by atoms with van der Waals surface area (Å²) in [5.74, 6) is -0.287. The van der Waals surface area contributed by atoms with Crippen LogP contribution < -0.4 is 5.48 Å². The highest BCUT2D eigenvalue weighted by Crippen LogP contribution is 2.21. The van der Waals surface area contributed by atoms with Crippen LogP contribution in [0, 0.1) is 5.41 Å². The van der Waals surface area contributed by atoms with Crippen LogP contribution in [-0.4, -0.2) is 5.97 Å². The topological polar surface area (TPSA) is 38.3 Å². The molecule has 104 valence electrons. The molecule has 0 radical (unpaired) electrons. The minimum atomic E-state index is -0.517. The Morgan fingerprint density at radius 3 is 2.00 bits per heavy atom. The molecule has 2 aromatic carbocycles. The highest BCUT2D eigenvalue weighted by atomic mass is 16.7. The van der Waals surface area contributed by atoms with Crippen molar-refractivity contribution in [2.24, 2.45) is 5.41 Å². The van der Waals surface area contributed by atoms with Gasteiger partial charge in [0.25, 0.3) is 0 Å². The highest BCUT2D eigenvalue weighted by Gasteiger charge is 2.23. The van der Waals surface area contributed by atoms with Gasteiger partial charge in [-0.15, -0.1) is 0 Å². The van der Waals surface area contributed by atoms with Crippen molar-refractivity contribution in [2.75, 3.05) is 5.48 Å². The lowest BCUT2D eigenvalue weighted by molar-refractivity contribution is -0.149. The van der Waals surface area contributed by atoms with Crippen LogP contribution in [0.4, 0.5) is 5.69 Å². The van der Waals surface area contributed by atoms with E-state index in [0.717, 1.165) is 16.8 Å². The molecule has 3 nitrogen and oxygen atoms in total. The third-order valence-corrected chi connectivity index (χ3v) is 2.87. The summed E-state index contributed by atoms with van der Waals surface area (Å²) in [6.07, 6.45) is 0. The van der Waals surface area contributed by atoms with E-state index in [1.807, 2.05) is 63.2 Å². The largest absolute Gasteiger partial charge is 0.343 e. The van der Waals surface area contributed by atoms with Crippen molar-refractivity contribution in [2.45, 2.75) is 20.8 Å². The lowest BCUT2D eigenvalue weighted by Gasteiger charge is -2.16. The van der Waals surface area contributed by atoms with Gasteiger partial charge in [0.1, 0.15) is 0 Å². The van der Waals surface area contributed by atoms with Gasteiger partial charge in [-0.25, -0.2) is 10.3 Å². The molecule has 0 aliphatic carbocycles. The van der Waals surface area contributed by atoms with Crippen molar-refractivity contribution in [1.82, 2.24) is 0 Å². The van der Waals surface area contributed by atoms with E-state index in [2.05, 4.69) is 17.6 Å². The number of anilines is 1. The minimum absolute atomic E-state index is 0.287. The zero-order chi connectivity index (χ0) is 14.6. The first-order valence-corrected chi connectivity index (χ1v) is 6.59. The number of carbonyl (C=O) groups is 1. The monoisotopic (exact) mass is 269 g/mol. The first kappa shape index (κ1) is 14.1. The van der Waals surface area contributed by atoms with Crippen molar-refractivity contribution in [1.29, 1.82) is 0 Å². The van der Waals surface area contributed by atoms with Gasteiger partial charge in [-0.3, -0.25) is 0 Å². The Labute approximate surface area is 119 Å². The molecule has 0 fully saturated rings. The first-order valence-electron chi connectivity index (χ1n) is 6.59. The van der Waals surface area contributed by atoms with Crippen LogP contribution in [0.1, 0.15) is 20.8 Å². The van der Waals surface area contributed by atoms with Gasteiger partial charge in [0.15, 0.2) is 0 Å². The van der Waals surface area contributed by atoms with Crippen LogP contribution in [0.25, 0.3) is 11.1 Å². The van der Waals surface area contributed by atoms with Crippen molar-refractivity contribution in [3.05, 3.63) is 54.6 Å². The average Bonchev–Trinajstić information content (AvgIpc) is 2.45. The van der Waals surface area contributed by atoms with Gasteiger partial charge >= 0.3 is 5.97 Å². The Balaban J connectivity index is 2.01. The molecule has 1 N–H and O–H groups in total. The second-order valence-corrected chi connectivity index (χ2v) is 5.68. The van der Waals surface area contributed by atoms with E-state index in [4.69, 9.17) is 4.84 Å². The van der Waals surface area contributed by atoms with Crippen LogP contribution in [0.3, 0.4) is 0 Å². The molecule has 0 spiro atoms. The Kier molecular flexibility index (Phi) is 4.08. The average molecular weight is 269 g/mol. The highest BCUT2D eigenvalue weighted by molar-refractivity contribution is 5.76. The SMILES string of the molecule is CC(C)(C)C(=O)ONc1ccc(-c2ccccc2)cc1. The first-order chi connectivity index (χ1) is 9.47. The molecular formula is C17H19NO2. The fraction of sp³-hybridized carbons (Fsp3) is 0.235. The normalized spacial score (nSPS) is 10.9. The van der Waals surface area contributed by atoms with Gasteiger partial charge in [-0.1, -0.05) is 42.5 Å². The van der Waals surface area contributed by atoms with Crippen molar-refractivity contribution < 1.29 is 9.63 Å². The van der Waals surface area contributed by atoms with E-state index in [0.29, 0.717) is 0 Å². The smallest absolute Gasteiger partial charge is 0.337 e. The number of hydrogen-bond donors (Lipinski definition) is 1. The predicted octanol–water partition coefficient (Wildman–Crippen LogP) is 4.27. The summed E-state index contributed by atoms with van der Waals surface area (Å²) in [6.45, 7) is 5.44. The Morgan fingerprint density at radius 1 is 0.900 bits per heavy atom. The summed E-state index contributed by atoms with van der Waals surface area (Å²) in [4.78, 5) is 16.7. The van der Waals surface area contributed by atoms with Crippen LogP contribution in [0.15, 0.2) is 54.6 Å². The van der Waals surface area contributed by atoms with E-state index in [1.165, 1.54) is 0 Å². The molecule has 0 atom stereocenters. The third kappa shape index (κ3) is 3.60. The van der Waals surface area contributed by atoms with Gasteiger partial charge in [0.05, 0.1) is 11.1 Å². The van der Waals surface area contributed by atoms with Gasteiger partial charge in [0.2, 0.25) is 0 Å². The lowest BCUT2D eigenvalue weighted by atomic mass is 9.98. The van der Waals surface area contributed by atoms with Gasteiger partial charge in [-0.2, -0.15) is 0 Å². The molecule has 0 aliphatic rings. The molecule has 0 saturated carbocycles. The molecule has 0 saturated heterocycles. The van der Waals surface area contributed by atoms with Gasteiger partial charge in [-0.05, 0) is 44.0 Å². The predicted molar refractivity (Wildman–Crippen MR) is 81.0 cm³/mol. The fourth-order valence-electron chi connectivity index (χ4n) is 1.62. The molecule has 0 unspecified atom stereocenters. The molecule has 20 heavy (non-hydrogen) atoms. The van der Waals surface area contributed by atoms with E-state index in [9.17, 15) is 4.79 Å². The van der Waals surface area contributed by atoms with Gasteiger partial charge in [0, 0.05) is 0 Å². The van der Waals surface area contributed by atoms with Crippen LogP contribution >= 0.6 is 0 Å². The zero-order valence-corrected chi connectivity index (χ0v) is 12.0. The van der Waals surface area contributed by atoms with Gasteiger partial charge < -0.3 is 4.84 Å². The summed E-state index contributed by atoms with van der Waals surface area (Å²) in [6, 6.07) is 17.9. The molecular weight excluding hydrogens is 250 g/mol. The summed E-state index contributed by atoms with van der Waals surface area (Å²) in [5.41, 5.74) is 5.20. The standard InChI is InChI=1S/C17H19NO2/c1-17(2,3)16(19)20-18-15-11-9-14(10-12-15)13-7-5-4-6-8-13/h4-12,18H,1-3H3. The van der Waals surface area contributed by atoms with Crippen LogP contribution in [-0.2, 0) is 9.63 Å². The van der Waals surface area contributed by atoms with E-state index in [1.54, 1.807) is 0 Å². The van der Waals surface area contributed by atoms with Crippen molar-refractivity contribution in [3.8, 4) is 11.1 Å². The molecule has 2 aromatic rings. The molecule has 0 aromatic heterocycles. The Morgan fingerprint density at radius 2 is 1.45 bits per heavy atom.